The van der Waals surface area contributed by atoms with Gasteiger partial charge in [0.2, 0.25) is 17.7 Å². The lowest BCUT2D eigenvalue weighted by atomic mass is 10.0. The molecule has 54 heavy (non-hydrogen) atoms. The number of imidazole rings is 1. The number of likely N-dealkylation sites (tertiary alicyclic amines) is 2. The van der Waals surface area contributed by atoms with Crippen LogP contribution in [0.3, 0.4) is 0 Å². The van der Waals surface area contributed by atoms with Gasteiger partial charge >= 0.3 is 6.09 Å². The summed E-state index contributed by atoms with van der Waals surface area (Å²) in [6, 6.07) is 8.20. The number of allylic oxidation sites excluding steroid dienone is 1. The summed E-state index contributed by atoms with van der Waals surface area (Å²) in [6.45, 7) is 8.06. The summed E-state index contributed by atoms with van der Waals surface area (Å²) in [6.07, 6.45) is 6.87. The van der Waals surface area contributed by atoms with E-state index >= 15 is 0 Å². The van der Waals surface area contributed by atoms with Crippen molar-refractivity contribution in [3.05, 3.63) is 54.3 Å². The van der Waals surface area contributed by atoms with Crippen LogP contribution in [0.25, 0.3) is 22.2 Å². The SMILES string of the molecule is COC(=O)NC(C(=O)N1CCCC1c1nc2ccc(-c3ccc(N(C)C4=CN=C(C5CCCN5C(=O)C(NC(=O)CO)C(C)C)C4)nc3)cc2[nH]1)C(C)C. The molecule has 4 atom stereocenters. The van der Waals surface area contributed by atoms with Gasteiger partial charge in [0.1, 0.15) is 30.3 Å². The molecule has 0 spiro atoms. The second-order valence-electron chi connectivity index (χ2n) is 14.9. The number of methoxy groups -OCH3 is 1. The van der Waals surface area contributed by atoms with Crippen LogP contribution in [-0.4, -0.2) is 111 Å². The van der Waals surface area contributed by atoms with Crippen LogP contribution in [0.2, 0.25) is 0 Å². The number of amides is 4. The highest BCUT2D eigenvalue weighted by Gasteiger charge is 2.39. The van der Waals surface area contributed by atoms with Crippen LogP contribution >= 0.6 is 0 Å². The largest absolute Gasteiger partial charge is 0.453 e. The molecule has 0 saturated carbocycles. The Labute approximate surface area is 315 Å². The van der Waals surface area contributed by atoms with Gasteiger partial charge in [0.25, 0.3) is 0 Å². The molecule has 4 unspecified atom stereocenters. The maximum absolute atomic E-state index is 13.6. The molecular weight excluding hydrogens is 690 g/mol. The lowest BCUT2D eigenvalue weighted by Gasteiger charge is -2.31. The number of H-pyrrole nitrogens is 1. The lowest BCUT2D eigenvalue weighted by Crippen LogP contribution is -2.54. The molecule has 2 aromatic heterocycles. The Morgan fingerprint density at radius 1 is 0.944 bits per heavy atom. The molecule has 15 nitrogen and oxygen atoms in total. The highest BCUT2D eigenvalue weighted by atomic mass is 16.5. The van der Waals surface area contributed by atoms with E-state index in [0.29, 0.717) is 25.3 Å². The molecule has 5 heterocycles. The quantitative estimate of drug-likeness (QED) is 0.214. The number of benzene rings is 1. The standard InChI is InChI=1S/C39H51N9O6/c1-22(2)34(44-33(50)21-49)37(51)47-15-7-9-30(47)29-18-26(20-40-29)46(5)32-14-12-25(19-41-32)24-11-13-27-28(17-24)43-36(42-27)31-10-8-16-48(31)38(52)35(23(3)4)45-39(53)54-6/h11-14,17,19-20,22-23,30-31,34-35,49H,7-10,15-16,18,21H2,1-6H3,(H,42,43)(H,44,50)(H,45,53). The van der Waals surface area contributed by atoms with Gasteiger partial charge in [-0.1, -0.05) is 33.8 Å². The molecular formula is C39H51N9O6. The van der Waals surface area contributed by atoms with Crippen molar-refractivity contribution in [1.82, 2.24) is 35.4 Å². The third-order valence-electron chi connectivity index (χ3n) is 10.7. The van der Waals surface area contributed by atoms with Crippen molar-refractivity contribution in [2.45, 2.75) is 84.0 Å². The van der Waals surface area contributed by atoms with Crippen LogP contribution < -0.4 is 15.5 Å². The fourth-order valence-corrected chi connectivity index (χ4v) is 7.59. The molecule has 4 N–H and O–H groups in total. The summed E-state index contributed by atoms with van der Waals surface area (Å²) >= 11 is 0. The number of hydrogen-bond acceptors (Lipinski definition) is 10. The molecule has 1 aromatic carbocycles. The van der Waals surface area contributed by atoms with Crippen molar-refractivity contribution in [1.29, 1.82) is 0 Å². The Bertz CT molecular complexity index is 1940. The predicted molar refractivity (Wildman–Crippen MR) is 204 cm³/mol. The second-order valence-corrected chi connectivity index (χ2v) is 14.9. The number of aromatic amines is 1. The van der Waals surface area contributed by atoms with E-state index in [2.05, 4.69) is 15.6 Å². The van der Waals surface area contributed by atoms with E-state index < -0.39 is 30.7 Å². The summed E-state index contributed by atoms with van der Waals surface area (Å²) in [5.74, 6) is 0.359. The number of aliphatic imine (C=N–C) groups is 1. The fourth-order valence-electron chi connectivity index (χ4n) is 7.59. The normalized spacial score (nSPS) is 19.6. The maximum atomic E-state index is 13.6. The van der Waals surface area contributed by atoms with Crippen LogP contribution in [0.4, 0.5) is 10.6 Å². The minimum atomic E-state index is -0.713. The van der Waals surface area contributed by atoms with E-state index in [0.717, 1.165) is 65.1 Å². The van der Waals surface area contributed by atoms with Gasteiger partial charge < -0.3 is 40.2 Å². The van der Waals surface area contributed by atoms with Gasteiger partial charge in [0.05, 0.1) is 30.2 Å². The van der Waals surface area contributed by atoms with Crippen LogP contribution in [0, 0.1) is 11.8 Å². The molecule has 2 fully saturated rings. The number of anilines is 1. The van der Waals surface area contributed by atoms with Gasteiger partial charge in [-0.25, -0.2) is 14.8 Å². The Morgan fingerprint density at radius 3 is 2.22 bits per heavy atom. The molecule has 15 heteroatoms. The zero-order valence-corrected chi connectivity index (χ0v) is 31.8. The van der Waals surface area contributed by atoms with Crippen molar-refractivity contribution in [2.24, 2.45) is 16.8 Å². The van der Waals surface area contributed by atoms with Crippen LogP contribution in [0.15, 0.2) is 53.4 Å². The highest BCUT2D eigenvalue weighted by Crippen LogP contribution is 2.34. The number of fused-ring (bicyclic) bond motifs is 1. The van der Waals surface area contributed by atoms with Crippen LogP contribution in [0.5, 0.6) is 0 Å². The average molecular weight is 742 g/mol. The number of aliphatic hydroxyl groups excluding tert-OH is 1. The summed E-state index contributed by atoms with van der Waals surface area (Å²) in [5.41, 5.74) is 5.42. The van der Waals surface area contributed by atoms with Gasteiger partial charge in [0.15, 0.2) is 0 Å². The number of aliphatic hydroxyl groups is 1. The number of aromatic nitrogens is 3. The Hall–Kier alpha value is -5.31. The van der Waals surface area contributed by atoms with Crippen molar-refractivity contribution in [3.8, 4) is 11.1 Å². The molecule has 0 radical (unpaired) electrons. The first-order valence-electron chi connectivity index (χ1n) is 18.7. The molecule has 3 aliphatic rings. The smallest absolute Gasteiger partial charge is 0.407 e. The summed E-state index contributed by atoms with van der Waals surface area (Å²) in [4.78, 5) is 74.5. The van der Waals surface area contributed by atoms with E-state index in [1.165, 1.54) is 7.11 Å². The third-order valence-corrected chi connectivity index (χ3v) is 10.7. The number of hydrogen-bond donors (Lipinski definition) is 4. The number of carbonyl (C=O) groups excluding carboxylic acids is 4. The number of alkyl carbamates (subject to hydrolysis) is 1. The first-order valence-corrected chi connectivity index (χ1v) is 18.7. The summed E-state index contributed by atoms with van der Waals surface area (Å²) in [5, 5.41) is 14.6. The highest BCUT2D eigenvalue weighted by molar-refractivity contribution is 5.99. The van der Waals surface area contributed by atoms with E-state index in [1.54, 1.807) is 4.90 Å². The Kier molecular flexibility index (Phi) is 11.6. The molecule has 0 aliphatic carbocycles. The van der Waals surface area contributed by atoms with Crippen molar-refractivity contribution in [2.75, 3.05) is 38.8 Å². The van der Waals surface area contributed by atoms with E-state index in [1.807, 2.05) is 87.3 Å². The molecule has 3 aromatic rings. The number of rotatable bonds is 12. The molecule has 4 amide bonds. The zero-order chi connectivity index (χ0) is 38.7. The van der Waals surface area contributed by atoms with Crippen LogP contribution in [0.1, 0.15) is 71.7 Å². The fraction of sp³-hybridized carbons (Fsp3) is 0.513. The van der Waals surface area contributed by atoms with E-state index in [4.69, 9.17) is 19.7 Å². The second kappa shape index (κ2) is 16.4. The lowest BCUT2D eigenvalue weighted by molar-refractivity contribution is -0.138. The summed E-state index contributed by atoms with van der Waals surface area (Å²) < 4.78 is 4.76. The minimum Gasteiger partial charge on any atom is -0.453 e. The Morgan fingerprint density at radius 2 is 1.59 bits per heavy atom. The van der Waals surface area contributed by atoms with Crippen molar-refractivity contribution >= 4 is 46.4 Å². The number of pyridine rings is 1. The maximum Gasteiger partial charge on any atom is 0.407 e. The van der Waals surface area contributed by atoms with Crippen molar-refractivity contribution < 1.29 is 29.0 Å². The molecule has 3 aliphatic heterocycles. The first-order chi connectivity index (χ1) is 25.9. The van der Waals surface area contributed by atoms with Gasteiger partial charge in [-0.2, -0.15) is 0 Å². The Balaban J connectivity index is 1.10. The number of carbonyl (C=O) groups is 4. The summed E-state index contributed by atoms with van der Waals surface area (Å²) in [7, 11) is 3.24. The van der Waals surface area contributed by atoms with Gasteiger partial charge in [-0.05, 0) is 67.3 Å². The van der Waals surface area contributed by atoms with E-state index in [9.17, 15) is 24.3 Å². The van der Waals surface area contributed by atoms with Crippen LogP contribution in [-0.2, 0) is 19.1 Å². The topological polar surface area (TPSA) is 185 Å². The molecule has 288 valence electrons. The monoisotopic (exact) mass is 741 g/mol. The molecule has 0 bridgehead atoms. The van der Waals surface area contributed by atoms with Gasteiger partial charge in [-0.3, -0.25) is 19.4 Å². The van der Waals surface area contributed by atoms with Crippen molar-refractivity contribution in [3.63, 3.8) is 0 Å². The molecule has 2 saturated heterocycles. The minimum absolute atomic E-state index is 0.115. The van der Waals surface area contributed by atoms with E-state index in [-0.39, 0.29) is 35.7 Å². The zero-order valence-electron chi connectivity index (χ0n) is 31.8. The van der Waals surface area contributed by atoms with Gasteiger partial charge in [0, 0.05) is 55.9 Å². The molecule has 6 rings (SSSR count). The van der Waals surface area contributed by atoms with Gasteiger partial charge in [-0.15, -0.1) is 0 Å². The third kappa shape index (κ3) is 7.96. The average Bonchev–Trinajstić information content (AvgIpc) is 4.00. The number of nitrogens with one attached hydrogen (secondary N) is 3. The first kappa shape index (κ1) is 38.4. The predicted octanol–water partition coefficient (Wildman–Crippen LogP) is 3.92. The number of ether oxygens (including phenoxy) is 1. The number of nitrogens with zero attached hydrogens (tertiary/aromatic N) is 6.